The molecule has 5 heteroatoms. The molecule has 0 aromatic heterocycles. The fourth-order valence-electron chi connectivity index (χ4n) is 9.21. The summed E-state index contributed by atoms with van der Waals surface area (Å²) in [5.41, 5.74) is 2.64. The predicted molar refractivity (Wildman–Crippen MR) is 120 cm³/mol. The molecule has 4 bridgehead atoms. The van der Waals surface area contributed by atoms with E-state index in [4.69, 9.17) is 4.74 Å². The number of hydrogen-bond acceptors (Lipinski definition) is 3. The van der Waals surface area contributed by atoms with Gasteiger partial charge in [-0.2, -0.15) is 0 Å². The van der Waals surface area contributed by atoms with E-state index in [1.807, 2.05) is 4.90 Å². The monoisotopic (exact) mass is 437 g/mol. The standard InChI is InChI=1S/C27H35NO4/c1-32-24(29)13-20-14-27(22-5-3-2-4-21(20)22)6-7-28(26(30)31)23(15-27)25-18-9-16-8-17(11-18)12-19(25)10-16/h2-5,16-20,23,25H,6-15H2,1H3,(H,30,31). The molecule has 3 atom stereocenters. The number of rotatable bonds is 3. The lowest BCUT2D eigenvalue weighted by molar-refractivity contribution is -0.141. The minimum Gasteiger partial charge on any atom is -0.469 e. The Kier molecular flexibility index (Phi) is 4.82. The lowest BCUT2D eigenvalue weighted by atomic mass is 9.49. The summed E-state index contributed by atoms with van der Waals surface area (Å²) in [7, 11) is 1.47. The van der Waals surface area contributed by atoms with Crippen LogP contribution in [0.2, 0.25) is 0 Å². The van der Waals surface area contributed by atoms with Gasteiger partial charge in [0.1, 0.15) is 0 Å². The minimum atomic E-state index is -0.740. The van der Waals surface area contributed by atoms with Gasteiger partial charge in [0.15, 0.2) is 0 Å². The molecule has 32 heavy (non-hydrogen) atoms. The number of hydrogen-bond donors (Lipinski definition) is 1. The van der Waals surface area contributed by atoms with Crippen molar-refractivity contribution in [2.24, 2.45) is 29.6 Å². The number of fused-ring (bicyclic) bond motifs is 2. The average Bonchev–Trinajstić information content (AvgIpc) is 3.05. The number of ether oxygens (including phenoxy) is 1. The molecular weight excluding hydrogens is 402 g/mol. The van der Waals surface area contributed by atoms with Crippen molar-refractivity contribution in [1.82, 2.24) is 4.90 Å². The maximum Gasteiger partial charge on any atom is 0.407 e. The van der Waals surface area contributed by atoms with Gasteiger partial charge in [0.05, 0.1) is 13.5 Å². The second kappa shape index (κ2) is 7.50. The van der Waals surface area contributed by atoms with Crippen LogP contribution in [0, 0.1) is 29.6 Å². The Labute approximate surface area is 190 Å². The maximum absolute atomic E-state index is 12.4. The lowest BCUT2D eigenvalue weighted by Gasteiger charge is -2.59. The van der Waals surface area contributed by atoms with Crippen molar-refractivity contribution < 1.29 is 19.4 Å². The van der Waals surface area contributed by atoms with Crippen LogP contribution >= 0.6 is 0 Å². The molecule has 1 amide bonds. The van der Waals surface area contributed by atoms with Gasteiger partial charge in [0.25, 0.3) is 0 Å². The highest BCUT2D eigenvalue weighted by Gasteiger charge is 2.56. The first-order chi connectivity index (χ1) is 15.5. The zero-order chi connectivity index (χ0) is 22.0. The molecule has 1 aromatic carbocycles. The van der Waals surface area contributed by atoms with Crippen LogP contribution in [0.3, 0.4) is 0 Å². The highest BCUT2D eigenvalue weighted by molar-refractivity contribution is 5.71. The van der Waals surface area contributed by atoms with E-state index in [0.717, 1.165) is 31.1 Å². The van der Waals surface area contributed by atoms with E-state index < -0.39 is 6.09 Å². The smallest absolute Gasteiger partial charge is 0.407 e. The summed E-state index contributed by atoms with van der Waals surface area (Å²) in [6.45, 7) is 0.613. The van der Waals surface area contributed by atoms with Crippen LogP contribution in [0.25, 0.3) is 0 Å². The molecular formula is C27H35NO4. The number of carbonyl (C=O) groups excluding carboxylic acids is 1. The first-order valence-electron chi connectivity index (χ1n) is 12.6. The van der Waals surface area contributed by atoms with E-state index in [0.29, 0.717) is 30.7 Å². The van der Waals surface area contributed by atoms with Gasteiger partial charge in [0, 0.05) is 12.6 Å². The molecule has 1 N–H and O–H groups in total. The Balaban J connectivity index is 1.34. The largest absolute Gasteiger partial charge is 0.469 e. The number of carbonyl (C=O) groups is 2. The molecule has 3 unspecified atom stereocenters. The maximum atomic E-state index is 12.4. The fourth-order valence-corrected chi connectivity index (χ4v) is 9.21. The molecule has 6 aliphatic rings. The van der Waals surface area contributed by atoms with Gasteiger partial charge in [-0.05, 0) is 103 Å². The van der Waals surface area contributed by atoms with Gasteiger partial charge in [-0.25, -0.2) is 4.79 Å². The van der Waals surface area contributed by atoms with E-state index in [1.165, 1.54) is 50.3 Å². The number of nitrogens with zero attached hydrogens (tertiary/aromatic N) is 1. The quantitative estimate of drug-likeness (QED) is 0.661. The summed E-state index contributed by atoms with van der Waals surface area (Å²) in [5.74, 6) is 3.73. The van der Waals surface area contributed by atoms with E-state index in [-0.39, 0.29) is 23.3 Å². The van der Waals surface area contributed by atoms with Crippen molar-refractivity contribution in [3.8, 4) is 0 Å². The Morgan fingerprint density at radius 2 is 1.75 bits per heavy atom. The molecule has 4 saturated carbocycles. The van der Waals surface area contributed by atoms with Gasteiger partial charge >= 0.3 is 12.1 Å². The summed E-state index contributed by atoms with van der Waals surface area (Å²) in [6.07, 6.45) is 9.08. The van der Waals surface area contributed by atoms with Gasteiger partial charge in [-0.3, -0.25) is 4.79 Å². The fraction of sp³-hybridized carbons (Fsp3) is 0.704. The van der Waals surface area contributed by atoms with Gasteiger partial charge in [-0.15, -0.1) is 0 Å². The van der Waals surface area contributed by atoms with E-state index in [9.17, 15) is 14.7 Å². The normalized spacial score (nSPS) is 41.7. The van der Waals surface area contributed by atoms with E-state index in [2.05, 4.69) is 24.3 Å². The van der Waals surface area contributed by atoms with Crippen molar-refractivity contribution in [2.45, 2.75) is 75.2 Å². The first-order valence-corrected chi connectivity index (χ1v) is 12.6. The van der Waals surface area contributed by atoms with Crippen LogP contribution in [0.5, 0.6) is 0 Å². The molecule has 172 valence electrons. The van der Waals surface area contributed by atoms with Crippen molar-refractivity contribution in [3.05, 3.63) is 35.4 Å². The number of likely N-dealkylation sites (tertiary alicyclic amines) is 1. The Morgan fingerprint density at radius 1 is 1.06 bits per heavy atom. The summed E-state index contributed by atoms with van der Waals surface area (Å²) in [5, 5.41) is 10.2. The summed E-state index contributed by atoms with van der Waals surface area (Å²) in [4.78, 5) is 26.3. The number of benzene rings is 1. The van der Waals surface area contributed by atoms with Crippen LogP contribution in [0.4, 0.5) is 4.79 Å². The third-order valence-electron chi connectivity index (χ3n) is 10.1. The third-order valence-corrected chi connectivity index (χ3v) is 10.1. The topological polar surface area (TPSA) is 66.8 Å². The van der Waals surface area contributed by atoms with Gasteiger partial charge < -0.3 is 14.7 Å². The van der Waals surface area contributed by atoms with E-state index in [1.54, 1.807) is 0 Å². The highest BCUT2D eigenvalue weighted by atomic mass is 16.5. The Bertz CT molecular complexity index is 900. The summed E-state index contributed by atoms with van der Waals surface area (Å²) in [6, 6.07) is 8.73. The molecule has 1 spiro atoms. The minimum absolute atomic E-state index is 0.0133. The zero-order valence-electron chi connectivity index (χ0n) is 19.0. The van der Waals surface area contributed by atoms with Crippen molar-refractivity contribution >= 4 is 12.1 Å². The van der Waals surface area contributed by atoms with Gasteiger partial charge in [-0.1, -0.05) is 24.3 Å². The molecule has 5 nitrogen and oxygen atoms in total. The SMILES string of the molecule is COC(=O)CC1CC2(CCN(C(=O)O)C(C3C4CC5CC(C4)CC3C5)C2)c2ccccc21. The molecule has 7 rings (SSSR count). The molecule has 1 aliphatic heterocycles. The number of piperidine rings is 1. The Morgan fingerprint density at radius 3 is 2.41 bits per heavy atom. The first kappa shape index (κ1) is 20.6. The highest BCUT2D eigenvalue weighted by Crippen LogP contribution is 2.61. The molecule has 1 aromatic rings. The van der Waals surface area contributed by atoms with Crippen molar-refractivity contribution in [3.63, 3.8) is 0 Å². The van der Waals surface area contributed by atoms with Crippen molar-refractivity contribution in [2.75, 3.05) is 13.7 Å². The van der Waals surface area contributed by atoms with Crippen LogP contribution in [0.1, 0.15) is 74.8 Å². The van der Waals surface area contributed by atoms with Crippen LogP contribution < -0.4 is 0 Å². The molecule has 1 saturated heterocycles. The number of methoxy groups -OCH3 is 1. The van der Waals surface area contributed by atoms with Crippen LogP contribution in [0.15, 0.2) is 24.3 Å². The number of carboxylic acid groups (broad SMARTS) is 1. The molecule has 0 radical (unpaired) electrons. The lowest BCUT2D eigenvalue weighted by Crippen LogP contribution is -2.59. The van der Waals surface area contributed by atoms with E-state index >= 15 is 0 Å². The van der Waals surface area contributed by atoms with Gasteiger partial charge in [0.2, 0.25) is 0 Å². The molecule has 5 fully saturated rings. The predicted octanol–water partition coefficient (Wildman–Crippen LogP) is 5.19. The second-order valence-corrected chi connectivity index (χ2v) is 11.6. The third kappa shape index (κ3) is 3.10. The molecule has 5 aliphatic carbocycles. The molecule has 1 heterocycles. The van der Waals surface area contributed by atoms with Crippen molar-refractivity contribution in [1.29, 1.82) is 0 Å². The van der Waals surface area contributed by atoms with Crippen LogP contribution in [-0.2, 0) is 14.9 Å². The zero-order valence-corrected chi connectivity index (χ0v) is 19.0. The van der Waals surface area contributed by atoms with Crippen LogP contribution in [-0.4, -0.2) is 41.8 Å². The summed E-state index contributed by atoms with van der Waals surface area (Å²) >= 11 is 0. The second-order valence-electron chi connectivity index (χ2n) is 11.6. The number of amides is 1. The summed E-state index contributed by atoms with van der Waals surface area (Å²) < 4.78 is 5.01. The number of esters is 1. The average molecular weight is 438 g/mol. The Hall–Kier alpha value is -2.04.